The molecule has 0 radical (unpaired) electrons. The molecule has 3 N–H and O–H groups in total. The van der Waals surface area contributed by atoms with Crippen LogP contribution in [0.4, 0.5) is 0 Å². The minimum atomic E-state index is -0.436. The summed E-state index contributed by atoms with van der Waals surface area (Å²) >= 11 is 0. The highest BCUT2D eigenvalue weighted by molar-refractivity contribution is 4.52. The molecule has 0 aromatic rings. The van der Waals surface area contributed by atoms with E-state index in [1.54, 1.807) is 0 Å². The zero-order chi connectivity index (χ0) is 8.53. The Kier molecular flexibility index (Phi) is 7.89. The summed E-state index contributed by atoms with van der Waals surface area (Å²) in [5.74, 6) is 0. The van der Waals surface area contributed by atoms with Crippen molar-refractivity contribution in [3.05, 3.63) is 0 Å². The quantitative estimate of drug-likeness (QED) is 0.376. The molecule has 0 aliphatic rings. The molecule has 0 saturated carbocycles. The third-order valence-electron chi connectivity index (χ3n) is 1.57. The van der Waals surface area contributed by atoms with Gasteiger partial charge in [0.2, 0.25) is 0 Å². The molecule has 3 heteroatoms. The van der Waals surface area contributed by atoms with Gasteiger partial charge in [-0.2, -0.15) is 0 Å². The molecule has 0 spiro atoms. The minimum absolute atomic E-state index is 0.0881. The van der Waals surface area contributed by atoms with Gasteiger partial charge in [-0.1, -0.05) is 19.8 Å². The zero-order valence-electron chi connectivity index (χ0n) is 7.21. The summed E-state index contributed by atoms with van der Waals surface area (Å²) in [5.41, 5.74) is 0. The van der Waals surface area contributed by atoms with E-state index < -0.39 is 6.23 Å². The molecular weight excluding hydrogens is 142 g/mol. The lowest BCUT2D eigenvalue weighted by atomic mass is 10.2. The van der Waals surface area contributed by atoms with Gasteiger partial charge in [0.1, 0.15) is 6.23 Å². The molecule has 0 heterocycles. The standard InChI is InChI=1S/C8H19NO2/c1-2-3-4-5-8(11)9-6-7-10/h8-11H,2-7H2,1H3. The van der Waals surface area contributed by atoms with Crippen LogP contribution in [0.2, 0.25) is 0 Å². The lowest BCUT2D eigenvalue weighted by Crippen LogP contribution is -2.30. The third-order valence-corrected chi connectivity index (χ3v) is 1.57. The predicted octanol–water partition coefficient (Wildman–Crippen LogP) is 0.467. The van der Waals surface area contributed by atoms with Crippen LogP contribution in [0.15, 0.2) is 0 Å². The number of unbranched alkanes of at least 4 members (excludes halogenated alkanes) is 2. The molecule has 0 aromatic heterocycles. The molecule has 0 aliphatic heterocycles. The Morgan fingerprint density at radius 3 is 2.64 bits per heavy atom. The van der Waals surface area contributed by atoms with Crippen molar-refractivity contribution < 1.29 is 10.2 Å². The molecule has 0 aliphatic carbocycles. The van der Waals surface area contributed by atoms with Crippen molar-refractivity contribution in [1.82, 2.24) is 5.32 Å². The SMILES string of the molecule is CCCCCC(O)NCCO. The van der Waals surface area contributed by atoms with Gasteiger partial charge in [0.15, 0.2) is 0 Å². The Labute approximate surface area is 68.4 Å². The molecule has 0 rings (SSSR count). The topological polar surface area (TPSA) is 52.5 Å². The summed E-state index contributed by atoms with van der Waals surface area (Å²) in [6.45, 7) is 2.70. The average molecular weight is 161 g/mol. The van der Waals surface area contributed by atoms with E-state index in [0.29, 0.717) is 6.54 Å². The molecule has 11 heavy (non-hydrogen) atoms. The van der Waals surface area contributed by atoms with E-state index >= 15 is 0 Å². The fourth-order valence-corrected chi connectivity index (χ4v) is 0.921. The van der Waals surface area contributed by atoms with Gasteiger partial charge in [-0.05, 0) is 12.8 Å². The van der Waals surface area contributed by atoms with E-state index in [1.807, 2.05) is 0 Å². The maximum Gasteiger partial charge on any atom is 0.104 e. The van der Waals surface area contributed by atoms with Crippen molar-refractivity contribution in [3.8, 4) is 0 Å². The second-order valence-corrected chi connectivity index (χ2v) is 2.69. The lowest BCUT2D eigenvalue weighted by Gasteiger charge is -2.10. The fourth-order valence-electron chi connectivity index (χ4n) is 0.921. The summed E-state index contributed by atoms with van der Waals surface area (Å²) < 4.78 is 0. The predicted molar refractivity (Wildman–Crippen MR) is 45.2 cm³/mol. The normalized spacial score (nSPS) is 13.4. The van der Waals surface area contributed by atoms with Crippen molar-refractivity contribution in [2.24, 2.45) is 0 Å². The Hall–Kier alpha value is -0.120. The highest BCUT2D eigenvalue weighted by Crippen LogP contribution is 2.00. The van der Waals surface area contributed by atoms with Gasteiger partial charge in [0, 0.05) is 6.54 Å². The van der Waals surface area contributed by atoms with Crippen LogP contribution in [0, 0.1) is 0 Å². The fraction of sp³-hybridized carbons (Fsp3) is 1.00. The van der Waals surface area contributed by atoms with Crippen LogP contribution in [-0.4, -0.2) is 29.6 Å². The Morgan fingerprint density at radius 1 is 1.36 bits per heavy atom. The van der Waals surface area contributed by atoms with E-state index in [9.17, 15) is 5.11 Å². The highest BCUT2D eigenvalue weighted by atomic mass is 16.3. The first-order valence-corrected chi connectivity index (χ1v) is 4.33. The van der Waals surface area contributed by atoms with Gasteiger partial charge in [-0.3, -0.25) is 5.32 Å². The molecule has 1 atom stereocenters. The van der Waals surface area contributed by atoms with E-state index in [4.69, 9.17) is 5.11 Å². The van der Waals surface area contributed by atoms with Gasteiger partial charge in [-0.15, -0.1) is 0 Å². The number of aliphatic hydroxyl groups excluding tert-OH is 2. The Morgan fingerprint density at radius 2 is 2.09 bits per heavy atom. The summed E-state index contributed by atoms with van der Waals surface area (Å²) in [5, 5.41) is 20.4. The highest BCUT2D eigenvalue weighted by Gasteiger charge is 1.99. The lowest BCUT2D eigenvalue weighted by molar-refractivity contribution is 0.116. The molecule has 0 aromatic carbocycles. The van der Waals surface area contributed by atoms with Gasteiger partial charge >= 0.3 is 0 Å². The maximum absolute atomic E-state index is 9.18. The van der Waals surface area contributed by atoms with E-state index in [-0.39, 0.29) is 6.61 Å². The van der Waals surface area contributed by atoms with Crippen LogP contribution in [0.3, 0.4) is 0 Å². The maximum atomic E-state index is 9.18. The largest absolute Gasteiger partial charge is 0.395 e. The van der Waals surface area contributed by atoms with Gasteiger partial charge in [-0.25, -0.2) is 0 Å². The van der Waals surface area contributed by atoms with Crippen molar-refractivity contribution in [1.29, 1.82) is 0 Å². The molecule has 0 bridgehead atoms. The first-order chi connectivity index (χ1) is 5.31. The van der Waals surface area contributed by atoms with Crippen molar-refractivity contribution in [2.45, 2.75) is 38.8 Å². The number of hydrogen-bond acceptors (Lipinski definition) is 3. The van der Waals surface area contributed by atoms with Gasteiger partial charge < -0.3 is 10.2 Å². The van der Waals surface area contributed by atoms with Crippen LogP contribution in [-0.2, 0) is 0 Å². The summed E-state index contributed by atoms with van der Waals surface area (Å²) in [6, 6.07) is 0. The van der Waals surface area contributed by atoms with E-state index in [2.05, 4.69) is 12.2 Å². The molecular formula is C8H19NO2. The molecule has 3 nitrogen and oxygen atoms in total. The summed E-state index contributed by atoms with van der Waals surface area (Å²) in [4.78, 5) is 0. The van der Waals surface area contributed by atoms with E-state index in [0.717, 1.165) is 19.3 Å². The van der Waals surface area contributed by atoms with Gasteiger partial charge in [0.25, 0.3) is 0 Å². The third kappa shape index (κ3) is 7.78. The van der Waals surface area contributed by atoms with Crippen molar-refractivity contribution >= 4 is 0 Å². The second kappa shape index (κ2) is 7.98. The molecule has 0 saturated heterocycles. The first-order valence-electron chi connectivity index (χ1n) is 4.33. The van der Waals surface area contributed by atoms with Crippen LogP contribution >= 0.6 is 0 Å². The monoisotopic (exact) mass is 161 g/mol. The molecule has 0 amide bonds. The van der Waals surface area contributed by atoms with Crippen molar-refractivity contribution in [2.75, 3.05) is 13.2 Å². The van der Waals surface area contributed by atoms with Crippen LogP contribution < -0.4 is 5.32 Å². The molecule has 1 unspecified atom stereocenters. The van der Waals surface area contributed by atoms with Crippen LogP contribution in [0.5, 0.6) is 0 Å². The summed E-state index contributed by atoms with van der Waals surface area (Å²) in [7, 11) is 0. The summed E-state index contributed by atoms with van der Waals surface area (Å²) in [6.07, 6.45) is 3.74. The average Bonchev–Trinajstić information content (AvgIpc) is 2.01. The first kappa shape index (κ1) is 10.9. The number of nitrogens with one attached hydrogen (secondary N) is 1. The number of rotatable bonds is 7. The minimum Gasteiger partial charge on any atom is -0.395 e. The zero-order valence-corrected chi connectivity index (χ0v) is 7.21. The molecule has 0 fully saturated rings. The number of aliphatic hydroxyl groups is 2. The Bertz CT molecular complexity index is 78.5. The number of hydrogen-bond donors (Lipinski definition) is 3. The van der Waals surface area contributed by atoms with E-state index in [1.165, 1.54) is 6.42 Å². The second-order valence-electron chi connectivity index (χ2n) is 2.69. The van der Waals surface area contributed by atoms with Crippen LogP contribution in [0.1, 0.15) is 32.6 Å². The van der Waals surface area contributed by atoms with Gasteiger partial charge in [0.05, 0.1) is 6.61 Å². The van der Waals surface area contributed by atoms with Crippen LogP contribution in [0.25, 0.3) is 0 Å². The van der Waals surface area contributed by atoms with Crippen molar-refractivity contribution in [3.63, 3.8) is 0 Å². The molecule has 68 valence electrons. The smallest absolute Gasteiger partial charge is 0.104 e. The Balaban J connectivity index is 3.02.